The maximum absolute atomic E-state index is 12.3. The third kappa shape index (κ3) is 4.77. The van der Waals surface area contributed by atoms with Crippen molar-refractivity contribution in [2.45, 2.75) is 12.5 Å². The smallest absolute Gasteiger partial charge is 0.251 e. The van der Waals surface area contributed by atoms with Gasteiger partial charge >= 0.3 is 0 Å². The quantitative estimate of drug-likeness (QED) is 0.884. The lowest BCUT2D eigenvalue weighted by molar-refractivity contribution is 0.0385. The Hall–Kier alpha value is -0.560. The number of halogens is 3. The van der Waals surface area contributed by atoms with E-state index in [1.165, 1.54) is 0 Å². The van der Waals surface area contributed by atoms with Crippen molar-refractivity contribution in [2.75, 3.05) is 39.3 Å². The lowest BCUT2D eigenvalue weighted by Gasteiger charge is -2.35. The second kappa shape index (κ2) is 7.45. The van der Waals surface area contributed by atoms with Gasteiger partial charge in [0.25, 0.3) is 6.43 Å². The van der Waals surface area contributed by atoms with Gasteiger partial charge in [0, 0.05) is 37.2 Å². The number of rotatable bonds is 5. The Balaban J connectivity index is 1.79. The predicted octanol–water partition coefficient (Wildman–Crippen LogP) is 2.37. The summed E-state index contributed by atoms with van der Waals surface area (Å²) in [7, 11) is 0. The molecule has 1 saturated heterocycles. The molecule has 1 atom stereocenters. The van der Waals surface area contributed by atoms with E-state index < -0.39 is 12.5 Å². The molecule has 1 heterocycles. The van der Waals surface area contributed by atoms with Crippen molar-refractivity contribution in [3.05, 3.63) is 34.3 Å². The molecule has 6 heteroatoms. The van der Waals surface area contributed by atoms with Gasteiger partial charge in [0.2, 0.25) is 0 Å². The van der Waals surface area contributed by atoms with Crippen molar-refractivity contribution in [2.24, 2.45) is 0 Å². The number of hydrogen-bond acceptors (Lipinski definition) is 3. The van der Waals surface area contributed by atoms with Crippen LogP contribution in [0.1, 0.15) is 11.7 Å². The largest absolute Gasteiger partial charge is 0.387 e. The van der Waals surface area contributed by atoms with Crippen LogP contribution in [-0.4, -0.2) is 60.6 Å². The molecule has 0 radical (unpaired) electrons. The number of benzene rings is 1. The molecule has 0 aromatic heterocycles. The van der Waals surface area contributed by atoms with Gasteiger partial charge in [-0.25, -0.2) is 8.78 Å². The van der Waals surface area contributed by atoms with Gasteiger partial charge in [0.05, 0.1) is 12.6 Å². The van der Waals surface area contributed by atoms with Crippen LogP contribution >= 0.6 is 15.9 Å². The highest BCUT2D eigenvalue weighted by molar-refractivity contribution is 9.10. The number of aliphatic hydroxyl groups is 1. The lowest BCUT2D eigenvalue weighted by Crippen LogP contribution is -2.48. The van der Waals surface area contributed by atoms with Crippen molar-refractivity contribution in [3.8, 4) is 0 Å². The van der Waals surface area contributed by atoms with E-state index >= 15 is 0 Å². The molecule has 0 amide bonds. The zero-order chi connectivity index (χ0) is 14.5. The number of piperazine rings is 1. The van der Waals surface area contributed by atoms with Crippen molar-refractivity contribution in [3.63, 3.8) is 0 Å². The normalized spacial score (nSPS) is 19.4. The Morgan fingerprint density at radius 3 is 2.00 bits per heavy atom. The molecule has 1 aromatic rings. The first-order valence-electron chi connectivity index (χ1n) is 6.71. The molecule has 2 rings (SSSR count). The van der Waals surface area contributed by atoms with Crippen LogP contribution in [0.15, 0.2) is 28.7 Å². The third-order valence-corrected chi connectivity index (χ3v) is 4.08. The Labute approximate surface area is 126 Å². The molecule has 0 saturated carbocycles. The van der Waals surface area contributed by atoms with Crippen LogP contribution in [0.4, 0.5) is 8.78 Å². The minimum absolute atomic E-state index is 0.150. The Morgan fingerprint density at radius 1 is 1.00 bits per heavy atom. The van der Waals surface area contributed by atoms with Gasteiger partial charge in [-0.1, -0.05) is 28.1 Å². The maximum atomic E-state index is 12.3. The summed E-state index contributed by atoms with van der Waals surface area (Å²) in [5.74, 6) is 0. The molecule has 3 nitrogen and oxygen atoms in total. The highest BCUT2D eigenvalue weighted by Gasteiger charge is 2.21. The first-order valence-corrected chi connectivity index (χ1v) is 7.50. The van der Waals surface area contributed by atoms with E-state index in [9.17, 15) is 13.9 Å². The standard InChI is InChI=1S/C14H19BrF2N2O/c15-12-3-1-11(2-4-12)13(20)9-18-5-7-19(8-6-18)10-14(16)17/h1-4,13-14,20H,5-10H2/t13-/m0/s1. The van der Waals surface area contributed by atoms with Crippen LogP contribution < -0.4 is 0 Å². The van der Waals surface area contributed by atoms with Gasteiger partial charge in [-0.05, 0) is 17.7 Å². The fourth-order valence-electron chi connectivity index (χ4n) is 2.38. The van der Waals surface area contributed by atoms with E-state index in [1.807, 2.05) is 24.3 Å². The summed E-state index contributed by atoms with van der Waals surface area (Å²) < 4.78 is 25.5. The van der Waals surface area contributed by atoms with E-state index in [4.69, 9.17) is 0 Å². The average molecular weight is 349 g/mol. The first kappa shape index (κ1) is 15.8. The van der Waals surface area contributed by atoms with Crippen molar-refractivity contribution >= 4 is 15.9 Å². The summed E-state index contributed by atoms with van der Waals surface area (Å²) in [6.07, 6.45) is -2.81. The summed E-state index contributed by atoms with van der Waals surface area (Å²) in [4.78, 5) is 3.89. The predicted molar refractivity (Wildman–Crippen MR) is 78.0 cm³/mol. The summed E-state index contributed by atoms with van der Waals surface area (Å²) in [6, 6.07) is 7.59. The highest BCUT2D eigenvalue weighted by Crippen LogP contribution is 2.18. The lowest BCUT2D eigenvalue weighted by atomic mass is 10.1. The molecule has 0 spiro atoms. The van der Waals surface area contributed by atoms with Crippen molar-refractivity contribution in [1.29, 1.82) is 0 Å². The second-order valence-electron chi connectivity index (χ2n) is 5.06. The number of aliphatic hydroxyl groups excluding tert-OH is 1. The van der Waals surface area contributed by atoms with Gasteiger partial charge < -0.3 is 5.11 Å². The van der Waals surface area contributed by atoms with E-state index in [0.29, 0.717) is 19.6 Å². The van der Waals surface area contributed by atoms with Crippen LogP contribution in [0.25, 0.3) is 0 Å². The van der Waals surface area contributed by atoms with Crippen LogP contribution in [0, 0.1) is 0 Å². The molecule has 0 aliphatic carbocycles. The molecule has 1 aliphatic heterocycles. The van der Waals surface area contributed by atoms with E-state index in [0.717, 1.165) is 23.1 Å². The fourth-order valence-corrected chi connectivity index (χ4v) is 2.65. The number of nitrogens with zero attached hydrogens (tertiary/aromatic N) is 2. The fraction of sp³-hybridized carbons (Fsp3) is 0.571. The molecule has 1 aromatic carbocycles. The number of hydrogen-bond donors (Lipinski definition) is 1. The van der Waals surface area contributed by atoms with E-state index in [1.54, 1.807) is 4.90 Å². The van der Waals surface area contributed by atoms with Crippen LogP contribution in [0.2, 0.25) is 0 Å². The van der Waals surface area contributed by atoms with Crippen LogP contribution in [0.5, 0.6) is 0 Å². The summed E-state index contributed by atoms with van der Waals surface area (Å²) in [6.45, 7) is 3.11. The zero-order valence-corrected chi connectivity index (χ0v) is 12.8. The van der Waals surface area contributed by atoms with E-state index in [-0.39, 0.29) is 6.54 Å². The first-order chi connectivity index (χ1) is 9.54. The number of alkyl halides is 2. The molecular formula is C14H19BrF2N2O. The monoisotopic (exact) mass is 348 g/mol. The summed E-state index contributed by atoms with van der Waals surface area (Å²) >= 11 is 3.36. The Kier molecular flexibility index (Phi) is 5.89. The average Bonchev–Trinajstić information content (AvgIpc) is 2.41. The van der Waals surface area contributed by atoms with Crippen LogP contribution in [-0.2, 0) is 0 Å². The molecule has 1 N–H and O–H groups in total. The molecule has 20 heavy (non-hydrogen) atoms. The molecule has 1 aliphatic rings. The zero-order valence-electron chi connectivity index (χ0n) is 11.2. The van der Waals surface area contributed by atoms with Crippen LogP contribution in [0.3, 0.4) is 0 Å². The summed E-state index contributed by atoms with van der Waals surface area (Å²) in [5.41, 5.74) is 0.878. The van der Waals surface area contributed by atoms with Crippen molar-refractivity contribution in [1.82, 2.24) is 9.80 Å². The Bertz CT molecular complexity index is 408. The Morgan fingerprint density at radius 2 is 1.50 bits per heavy atom. The van der Waals surface area contributed by atoms with E-state index in [2.05, 4.69) is 20.8 Å². The molecule has 0 bridgehead atoms. The van der Waals surface area contributed by atoms with Gasteiger partial charge in [-0.3, -0.25) is 9.80 Å². The van der Waals surface area contributed by atoms with Gasteiger partial charge in [-0.2, -0.15) is 0 Å². The minimum Gasteiger partial charge on any atom is -0.387 e. The minimum atomic E-state index is -2.27. The summed E-state index contributed by atoms with van der Waals surface area (Å²) in [5, 5.41) is 10.2. The highest BCUT2D eigenvalue weighted by atomic mass is 79.9. The van der Waals surface area contributed by atoms with Crippen molar-refractivity contribution < 1.29 is 13.9 Å². The molecule has 112 valence electrons. The number of β-amino-alcohol motifs (C(OH)–C–C–N with tert-alkyl or cyclic N) is 1. The van der Waals surface area contributed by atoms with Gasteiger partial charge in [0.15, 0.2) is 0 Å². The SMILES string of the molecule is O[C@@H](CN1CCN(CC(F)F)CC1)c1ccc(Br)cc1. The topological polar surface area (TPSA) is 26.7 Å². The third-order valence-electron chi connectivity index (χ3n) is 3.55. The molecule has 0 unspecified atom stereocenters. The second-order valence-corrected chi connectivity index (χ2v) is 5.98. The molecule has 1 fully saturated rings. The molecular weight excluding hydrogens is 330 g/mol. The maximum Gasteiger partial charge on any atom is 0.251 e. The van der Waals surface area contributed by atoms with Gasteiger partial charge in [0.1, 0.15) is 0 Å². The van der Waals surface area contributed by atoms with Gasteiger partial charge in [-0.15, -0.1) is 0 Å².